The molecule has 0 bridgehead atoms. The van der Waals surface area contributed by atoms with E-state index in [4.69, 9.17) is 0 Å². The Morgan fingerprint density at radius 2 is 1.53 bits per heavy atom. The number of rotatable bonds is 2. The van der Waals surface area contributed by atoms with E-state index < -0.39 is 0 Å². The van der Waals surface area contributed by atoms with Crippen molar-refractivity contribution >= 4 is 5.95 Å². The van der Waals surface area contributed by atoms with Gasteiger partial charge in [-0.2, -0.15) is 0 Å². The molecule has 17 heavy (non-hydrogen) atoms. The van der Waals surface area contributed by atoms with Crippen LogP contribution in [0.1, 0.15) is 12.8 Å². The van der Waals surface area contributed by atoms with Gasteiger partial charge in [-0.15, -0.1) is 0 Å². The second-order valence-electron chi connectivity index (χ2n) is 4.04. The Morgan fingerprint density at radius 3 is 2.18 bits per heavy atom. The fraction of sp³-hybridized carbons (Fsp3) is 0.333. The van der Waals surface area contributed by atoms with E-state index >= 15 is 0 Å². The molecule has 0 amide bonds. The predicted molar refractivity (Wildman–Crippen MR) is 64.5 cm³/mol. The maximum absolute atomic E-state index is 4.37. The molecule has 0 aromatic carbocycles. The lowest BCUT2D eigenvalue weighted by Crippen LogP contribution is -2.20. The molecule has 5 heteroatoms. The molecule has 1 aliphatic rings. The molecule has 0 atom stereocenters. The molecule has 0 saturated carbocycles. The molecule has 0 aliphatic carbocycles. The third-order valence-electron chi connectivity index (χ3n) is 2.85. The zero-order valence-electron chi connectivity index (χ0n) is 9.45. The van der Waals surface area contributed by atoms with Gasteiger partial charge >= 0.3 is 0 Å². The highest BCUT2D eigenvalue weighted by Gasteiger charge is 2.14. The van der Waals surface area contributed by atoms with Gasteiger partial charge in [0.1, 0.15) is 0 Å². The van der Waals surface area contributed by atoms with Crippen molar-refractivity contribution in [1.82, 2.24) is 19.9 Å². The first-order valence-corrected chi connectivity index (χ1v) is 5.78. The minimum Gasteiger partial charge on any atom is -0.341 e. The van der Waals surface area contributed by atoms with E-state index in [2.05, 4.69) is 24.8 Å². The summed E-state index contributed by atoms with van der Waals surface area (Å²) in [7, 11) is 0. The van der Waals surface area contributed by atoms with Crippen molar-refractivity contribution in [2.75, 3.05) is 18.0 Å². The van der Waals surface area contributed by atoms with Crippen LogP contribution in [-0.2, 0) is 0 Å². The van der Waals surface area contributed by atoms with E-state index in [0.29, 0.717) is 5.82 Å². The summed E-state index contributed by atoms with van der Waals surface area (Å²) in [5, 5.41) is 0. The van der Waals surface area contributed by atoms with Crippen LogP contribution in [0, 0.1) is 0 Å². The molecule has 0 unspecified atom stereocenters. The summed E-state index contributed by atoms with van der Waals surface area (Å²) in [6.45, 7) is 2.11. The quantitative estimate of drug-likeness (QED) is 0.778. The van der Waals surface area contributed by atoms with Crippen LogP contribution in [0.3, 0.4) is 0 Å². The largest absolute Gasteiger partial charge is 0.341 e. The van der Waals surface area contributed by atoms with Crippen molar-refractivity contribution in [2.24, 2.45) is 0 Å². The smallest absolute Gasteiger partial charge is 0.225 e. The summed E-state index contributed by atoms with van der Waals surface area (Å²) < 4.78 is 0. The van der Waals surface area contributed by atoms with Crippen molar-refractivity contribution in [3.8, 4) is 11.4 Å². The molecule has 86 valence electrons. The summed E-state index contributed by atoms with van der Waals surface area (Å²) in [5.41, 5.74) is 0.855. The van der Waals surface area contributed by atoms with Crippen LogP contribution in [0.5, 0.6) is 0 Å². The van der Waals surface area contributed by atoms with E-state index in [1.54, 1.807) is 30.9 Å². The van der Waals surface area contributed by atoms with Crippen molar-refractivity contribution in [2.45, 2.75) is 12.8 Å². The van der Waals surface area contributed by atoms with E-state index in [9.17, 15) is 0 Å². The Balaban J connectivity index is 1.85. The molecule has 2 aromatic rings. The van der Waals surface area contributed by atoms with Gasteiger partial charge in [0.05, 0.1) is 5.56 Å². The van der Waals surface area contributed by atoms with Crippen LogP contribution in [0.15, 0.2) is 30.9 Å². The van der Waals surface area contributed by atoms with Gasteiger partial charge < -0.3 is 4.90 Å². The Bertz CT molecular complexity index is 476. The highest BCUT2D eigenvalue weighted by atomic mass is 15.3. The fourth-order valence-corrected chi connectivity index (χ4v) is 1.97. The Hall–Kier alpha value is -2.04. The minimum absolute atomic E-state index is 0.667. The van der Waals surface area contributed by atoms with Crippen LogP contribution < -0.4 is 4.90 Å². The van der Waals surface area contributed by atoms with Crippen LogP contribution in [0.4, 0.5) is 5.95 Å². The number of hydrogen-bond acceptors (Lipinski definition) is 5. The van der Waals surface area contributed by atoms with E-state index in [-0.39, 0.29) is 0 Å². The maximum Gasteiger partial charge on any atom is 0.225 e. The Morgan fingerprint density at radius 1 is 0.882 bits per heavy atom. The summed E-state index contributed by atoms with van der Waals surface area (Å²) in [4.78, 5) is 19.3. The first kappa shape index (κ1) is 10.1. The first-order valence-electron chi connectivity index (χ1n) is 5.78. The SMILES string of the molecule is c1cnc(-c2cnc(N3CCCC3)nc2)nc1. The van der Waals surface area contributed by atoms with Crippen LogP contribution in [0.25, 0.3) is 11.4 Å². The lowest BCUT2D eigenvalue weighted by molar-refractivity contribution is 0.898. The second kappa shape index (κ2) is 4.45. The van der Waals surface area contributed by atoms with Gasteiger partial charge in [-0.05, 0) is 18.9 Å². The standard InChI is InChI=1S/C12H13N5/c1-2-7-17(6-1)12-15-8-10(9-16-12)11-13-4-3-5-14-11/h3-5,8-9H,1-2,6-7H2. The predicted octanol–water partition coefficient (Wildman–Crippen LogP) is 1.53. The third-order valence-corrected chi connectivity index (χ3v) is 2.85. The second-order valence-corrected chi connectivity index (χ2v) is 4.04. The molecular weight excluding hydrogens is 214 g/mol. The average Bonchev–Trinajstić information content (AvgIpc) is 2.94. The number of aromatic nitrogens is 4. The monoisotopic (exact) mass is 227 g/mol. The van der Waals surface area contributed by atoms with E-state index in [1.807, 2.05) is 0 Å². The average molecular weight is 227 g/mol. The molecule has 2 aromatic heterocycles. The molecule has 1 aliphatic heterocycles. The third kappa shape index (κ3) is 2.08. The minimum atomic E-state index is 0.667. The topological polar surface area (TPSA) is 54.8 Å². The molecule has 1 saturated heterocycles. The Labute approximate surface area is 99.6 Å². The first-order chi connectivity index (χ1) is 8.43. The van der Waals surface area contributed by atoms with E-state index in [0.717, 1.165) is 24.6 Å². The molecule has 0 N–H and O–H groups in total. The van der Waals surface area contributed by atoms with Gasteiger partial charge in [-0.3, -0.25) is 0 Å². The number of anilines is 1. The zero-order chi connectivity index (χ0) is 11.5. The lowest BCUT2D eigenvalue weighted by atomic mass is 10.3. The molecule has 1 fully saturated rings. The van der Waals surface area contributed by atoms with Gasteiger partial charge in [0, 0.05) is 37.9 Å². The molecule has 3 heterocycles. The molecule has 3 rings (SSSR count). The van der Waals surface area contributed by atoms with Crippen LogP contribution in [0.2, 0.25) is 0 Å². The van der Waals surface area contributed by atoms with Gasteiger partial charge in [-0.1, -0.05) is 0 Å². The van der Waals surface area contributed by atoms with Crippen LogP contribution in [-0.4, -0.2) is 33.0 Å². The zero-order valence-corrected chi connectivity index (χ0v) is 9.45. The van der Waals surface area contributed by atoms with Gasteiger partial charge in [0.25, 0.3) is 0 Å². The highest BCUT2D eigenvalue weighted by molar-refractivity contribution is 5.52. The molecular formula is C12H13N5. The fourth-order valence-electron chi connectivity index (χ4n) is 1.97. The highest BCUT2D eigenvalue weighted by Crippen LogP contribution is 2.17. The lowest BCUT2D eigenvalue weighted by Gasteiger charge is -2.14. The Kier molecular flexibility index (Phi) is 2.65. The van der Waals surface area contributed by atoms with Crippen molar-refractivity contribution in [3.05, 3.63) is 30.9 Å². The van der Waals surface area contributed by atoms with Crippen LogP contribution >= 0.6 is 0 Å². The van der Waals surface area contributed by atoms with Crippen molar-refractivity contribution < 1.29 is 0 Å². The van der Waals surface area contributed by atoms with E-state index in [1.165, 1.54) is 12.8 Å². The summed E-state index contributed by atoms with van der Waals surface area (Å²) in [6, 6.07) is 1.79. The van der Waals surface area contributed by atoms with Gasteiger partial charge in [0.15, 0.2) is 5.82 Å². The van der Waals surface area contributed by atoms with Crippen molar-refractivity contribution in [3.63, 3.8) is 0 Å². The molecule has 0 radical (unpaired) electrons. The number of nitrogens with zero attached hydrogens (tertiary/aromatic N) is 5. The maximum atomic E-state index is 4.37. The van der Waals surface area contributed by atoms with Gasteiger partial charge in [0.2, 0.25) is 5.95 Å². The summed E-state index contributed by atoms with van der Waals surface area (Å²) >= 11 is 0. The van der Waals surface area contributed by atoms with Crippen molar-refractivity contribution in [1.29, 1.82) is 0 Å². The summed E-state index contributed by atoms with van der Waals surface area (Å²) in [6.07, 6.45) is 9.47. The van der Waals surface area contributed by atoms with Gasteiger partial charge in [-0.25, -0.2) is 19.9 Å². The molecule has 0 spiro atoms. The number of hydrogen-bond donors (Lipinski definition) is 0. The normalized spacial score (nSPS) is 15.2. The summed E-state index contributed by atoms with van der Waals surface area (Å²) in [5.74, 6) is 1.47. The molecule has 5 nitrogen and oxygen atoms in total.